The van der Waals surface area contributed by atoms with Crippen LogP contribution in [0.3, 0.4) is 0 Å². The van der Waals surface area contributed by atoms with Gasteiger partial charge in [0.2, 0.25) is 21.8 Å². The minimum Gasteiger partial charge on any atom is -0.352 e. The standard InChI is InChI=1S/C25H33Cl2N3O4S/c1-7-18(4)28-25(32)19(5)29(14-20-8-9-22(26)23(27)13-20)24(31)15-30(35(6,33)34)21-11-16(2)10-17(3)12-21/h8-13,18-19H,7,14-15H2,1-6H3,(H,28,32)/t18-,19+/m0/s1. The molecule has 0 bridgehead atoms. The number of rotatable bonds is 10. The zero-order chi connectivity index (χ0) is 26.5. The summed E-state index contributed by atoms with van der Waals surface area (Å²) in [6.07, 6.45) is 1.79. The lowest BCUT2D eigenvalue weighted by molar-refractivity contribution is -0.139. The van der Waals surface area contributed by atoms with Gasteiger partial charge in [0.15, 0.2) is 0 Å². The van der Waals surface area contributed by atoms with Gasteiger partial charge in [0.05, 0.1) is 22.0 Å². The van der Waals surface area contributed by atoms with Crippen LogP contribution in [0.1, 0.15) is 43.9 Å². The van der Waals surface area contributed by atoms with Crippen LogP contribution in [0.15, 0.2) is 36.4 Å². The number of nitrogens with zero attached hydrogens (tertiary/aromatic N) is 2. The second-order valence-electron chi connectivity index (χ2n) is 8.88. The molecule has 2 atom stereocenters. The van der Waals surface area contributed by atoms with Gasteiger partial charge in [-0.25, -0.2) is 8.42 Å². The summed E-state index contributed by atoms with van der Waals surface area (Å²) in [6, 6.07) is 9.37. The van der Waals surface area contributed by atoms with Crippen LogP contribution in [0.4, 0.5) is 5.69 Å². The largest absolute Gasteiger partial charge is 0.352 e. The molecule has 0 saturated heterocycles. The smallest absolute Gasteiger partial charge is 0.244 e. The highest BCUT2D eigenvalue weighted by molar-refractivity contribution is 7.92. The molecular formula is C25H33Cl2N3O4S. The van der Waals surface area contributed by atoms with Crippen LogP contribution in [0.5, 0.6) is 0 Å². The van der Waals surface area contributed by atoms with Crippen molar-refractivity contribution in [3.63, 3.8) is 0 Å². The molecule has 2 aromatic rings. The Kier molecular flexibility index (Phi) is 10.0. The van der Waals surface area contributed by atoms with Gasteiger partial charge in [-0.3, -0.25) is 13.9 Å². The SMILES string of the molecule is CC[C@H](C)NC(=O)[C@@H](C)N(Cc1ccc(Cl)c(Cl)c1)C(=O)CN(c1cc(C)cc(C)c1)S(C)(=O)=O. The molecule has 10 heteroatoms. The third kappa shape index (κ3) is 8.12. The first kappa shape index (κ1) is 28.9. The number of amides is 2. The molecule has 0 saturated carbocycles. The van der Waals surface area contributed by atoms with Crippen molar-refractivity contribution >= 4 is 50.7 Å². The summed E-state index contributed by atoms with van der Waals surface area (Å²) >= 11 is 12.2. The van der Waals surface area contributed by atoms with E-state index in [1.807, 2.05) is 33.8 Å². The number of carbonyl (C=O) groups is 2. The third-order valence-corrected chi connectivity index (χ3v) is 7.56. The van der Waals surface area contributed by atoms with Gasteiger partial charge in [-0.1, -0.05) is 42.3 Å². The van der Waals surface area contributed by atoms with Gasteiger partial charge in [-0.05, 0) is 75.1 Å². The molecule has 1 N–H and O–H groups in total. The van der Waals surface area contributed by atoms with Crippen molar-refractivity contribution in [1.29, 1.82) is 0 Å². The summed E-state index contributed by atoms with van der Waals surface area (Å²) in [5.41, 5.74) is 2.79. The van der Waals surface area contributed by atoms with Crippen LogP contribution in [0, 0.1) is 13.8 Å². The zero-order valence-electron chi connectivity index (χ0n) is 20.9. The van der Waals surface area contributed by atoms with E-state index in [0.717, 1.165) is 28.1 Å². The summed E-state index contributed by atoms with van der Waals surface area (Å²) in [5.74, 6) is -0.850. The summed E-state index contributed by atoms with van der Waals surface area (Å²) in [7, 11) is -3.79. The molecule has 2 aromatic carbocycles. The Morgan fingerprint density at radius 1 is 1.00 bits per heavy atom. The van der Waals surface area contributed by atoms with Crippen molar-refractivity contribution in [3.8, 4) is 0 Å². The molecule has 0 heterocycles. The van der Waals surface area contributed by atoms with Gasteiger partial charge in [-0.15, -0.1) is 0 Å². The Hall–Kier alpha value is -2.29. The normalized spacial score (nSPS) is 13.1. The molecule has 7 nitrogen and oxygen atoms in total. The van der Waals surface area contributed by atoms with Gasteiger partial charge in [-0.2, -0.15) is 0 Å². The first-order valence-electron chi connectivity index (χ1n) is 11.3. The number of anilines is 1. The fourth-order valence-corrected chi connectivity index (χ4v) is 4.75. The van der Waals surface area contributed by atoms with E-state index in [4.69, 9.17) is 23.2 Å². The van der Waals surface area contributed by atoms with E-state index in [-0.39, 0.29) is 18.5 Å². The molecule has 0 aliphatic rings. The molecule has 35 heavy (non-hydrogen) atoms. The molecule has 0 aliphatic carbocycles. The summed E-state index contributed by atoms with van der Waals surface area (Å²) in [5, 5.41) is 3.58. The summed E-state index contributed by atoms with van der Waals surface area (Å²) < 4.78 is 26.4. The Balaban J connectivity index is 2.44. The van der Waals surface area contributed by atoms with E-state index in [9.17, 15) is 18.0 Å². The van der Waals surface area contributed by atoms with Crippen molar-refractivity contribution < 1.29 is 18.0 Å². The lowest BCUT2D eigenvalue weighted by Crippen LogP contribution is -2.52. The fourth-order valence-electron chi connectivity index (χ4n) is 3.59. The van der Waals surface area contributed by atoms with Crippen molar-refractivity contribution in [3.05, 3.63) is 63.1 Å². The van der Waals surface area contributed by atoms with Crippen molar-refractivity contribution in [2.75, 3.05) is 17.1 Å². The number of hydrogen-bond donors (Lipinski definition) is 1. The van der Waals surface area contributed by atoms with Gasteiger partial charge in [0, 0.05) is 12.6 Å². The molecular weight excluding hydrogens is 509 g/mol. The minimum atomic E-state index is -3.79. The van der Waals surface area contributed by atoms with Crippen LogP contribution in [0.2, 0.25) is 10.0 Å². The fraction of sp³-hybridized carbons (Fsp3) is 0.440. The Morgan fingerprint density at radius 2 is 1.60 bits per heavy atom. The van der Waals surface area contributed by atoms with Gasteiger partial charge >= 0.3 is 0 Å². The number of benzene rings is 2. The quantitative estimate of drug-likeness (QED) is 0.471. The number of halogens is 2. The van der Waals surface area contributed by atoms with E-state index in [1.165, 1.54) is 4.90 Å². The van der Waals surface area contributed by atoms with Crippen molar-refractivity contribution in [2.45, 2.75) is 59.7 Å². The lowest BCUT2D eigenvalue weighted by Gasteiger charge is -2.32. The van der Waals surface area contributed by atoms with Crippen LogP contribution < -0.4 is 9.62 Å². The maximum atomic E-state index is 13.6. The van der Waals surface area contributed by atoms with Crippen LogP contribution in [0.25, 0.3) is 0 Å². The summed E-state index contributed by atoms with van der Waals surface area (Å²) in [4.78, 5) is 27.9. The van der Waals surface area contributed by atoms with Crippen LogP contribution >= 0.6 is 23.2 Å². The molecule has 0 radical (unpaired) electrons. The molecule has 0 aromatic heterocycles. The molecule has 0 unspecified atom stereocenters. The molecule has 0 fully saturated rings. The molecule has 0 spiro atoms. The highest BCUT2D eigenvalue weighted by Gasteiger charge is 2.30. The minimum absolute atomic E-state index is 0.0509. The second kappa shape index (κ2) is 12.1. The van der Waals surface area contributed by atoms with E-state index in [2.05, 4.69) is 5.32 Å². The molecule has 2 amide bonds. The average Bonchev–Trinajstić information content (AvgIpc) is 2.75. The Morgan fingerprint density at radius 3 is 2.11 bits per heavy atom. The van der Waals surface area contributed by atoms with Gasteiger partial charge in [0.25, 0.3) is 0 Å². The highest BCUT2D eigenvalue weighted by atomic mass is 35.5. The second-order valence-corrected chi connectivity index (χ2v) is 11.6. The lowest BCUT2D eigenvalue weighted by atomic mass is 10.1. The first-order chi connectivity index (χ1) is 16.2. The Bertz CT molecular complexity index is 1170. The first-order valence-corrected chi connectivity index (χ1v) is 13.9. The maximum Gasteiger partial charge on any atom is 0.244 e. The monoisotopic (exact) mass is 541 g/mol. The number of sulfonamides is 1. The van der Waals surface area contributed by atoms with Crippen molar-refractivity contribution in [2.24, 2.45) is 0 Å². The number of hydrogen-bond acceptors (Lipinski definition) is 4. The highest BCUT2D eigenvalue weighted by Crippen LogP contribution is 2.25. The van der Waals surface area contributed by atoms with E-state index in [0.29, 0.717) is 21.3 Å². The molecule has 2 rings (SSSR count). The number of nitrogens with one attached hydrogen (secondary N) is 1. The van der Waals surface area contributed by atoms with Crippen molar-refractivity contribution in [1.82, 2.24) is 10.2 Å². The van der Waals surface area contributed by atoms with Crippen LogP contribution in [-0.2, 0) is 26.2 Å². The van der Waals surface area contributed by atoms with Crippen LogP contribution in [-0.4, -0.2) is 50.0 Å². The third-order valence-electron chi connectivity index (χ3n) is 5.68. The van der Waals surface area contributed by atoms with E-state index >= 15 is 0 Å². The maximum absolute atomic E-state index is 13.6. The number of carbonyl (C=O) groups excluding carboxylic acids is 2. The molecule has 192 valence electrons. The van der Waals surface area contributed by atoms with E-state index in [1.54, 1.807) is 37.3 Å². The Labute approximate surface area is 218 Å². The zero-order valence-corrected chi connectivity index (χ0v) is 23.3. The average molecular weight is 543 g/mol. The predicted molar refractivity (Wildman–Crippen MR) is 142 cm³/mol. The predicted octanol–water partition coefficient (Wildman–Crippen LogP) is 4.71. The number of aryl methyl sites for hydroxylation is 2. The topological polar surface area (TPSA) is 86.8 Å². The van der Waals surface area contributed by atoms with E-state index < -0.39 is 28.5 Å². The summed E-state index contributed by atoms with van der Waals surface area (Å²) in [6.45, 7) is 8.75. The molecule has 0 aliphatic heterocycles. The van der Waals surface area contributed by atoms with Gasteiger partial charge < -0.3 is 10.2 Å². The van der Waals surface area contributed by atoms with Gasteiger partial charge in [0.1, 0.15) is 12.6 Å².